The topological polar surface area (TPSA) is 202 Å². The normalized spacial score (nSPS) is 12.3. The lowest BCUT2D eigenvalue weighted by Crippen LogP contribution is -2.43. The molecule has 0 radical (unpaired) electrons. The molecule has 6 N–H and O–H groups in total. The molecule has 0 aliphatic rings. The first kappa shape index (κ1) is 27.0. The number of nitrogens with zero attached hydrogens (tertiary/aromatic N) is 3. The van der Waals surface area contributed by atoms with Crippen molar-refractivity contribution in [3.05, 3.63) is 82.4 Å². The SMILES string of the molecule is Nc1nc2ncc(CNc3ccc(C(=O)N[C@@H](CC(Cl)C(=O)Oc4ccccc4)C(=O)O)cc3)nc2c(=O)[nH]1. The summed E-state index contributed by atoms with van der Waals surface area (Å²) in [6, 6.07) is 13.0. The molecule has 0 saturated carbocycles. The van der Waals surface area contributed by atoms with Gasteiger partial charge in [-0.25, -0.2) is 14.8 Å². The van der Waals surface area contributed by atoms with Crippen molar-refractivity contribution in [3.8, 4) is 5.75 Å². The molecule has 2 heterocycles. The Morgan fingerprint density at radius 2 is 1.79 bits per heavy atom. The Morgan fingerprint density at radius 3 is 2.49 bits per heavy atom. The number of carboxylic acids is 1. The van der Waals surface area contributed by atoms with E-state index in [2.05, 4.69) is 30.6 Å². The zero-order chi connectivity index (χ0) is 27.9. The van der Waals surface area contributed by atoms with Crippen molar-refractivity contribution in [3.63, 3.8) is 0 Å². The van der Waals surface area contributed by atoms with Gasteiger partial charge in [0, 0.05) is 17.7 Å². The number of fused-ring (bicyclic) bond motifs is 1. The van der Waals surface area contributed by atoms with E-state index in [-0.39, 0.29) is 41.4 Å². The van der Waals surface area contributed by atoms with Gasteiger partial charge in [0.25, 0.3) is 11.5 Å². The molecule has 14 heteroatoms. The van der Waals surface area contributed by atoms with Crippen LogP contribution in [0.15, 0.2) is 65.6 Å². The van der Waals surface area contributed by atoms with Crippen LogP contribution in [0.2, 0.25) is 0 Å². The minimum atomic E-state index is -1.43. The van der Waals surface area contributed by atoms with Gasteiger partial charge in [0.15, 0.2) is 11.2 Å². The molecule has 4 aromatic rings. The number of alkyl halides is 1. The summed E-state index contributed by atoms with van der Waals surface area (Å²) in [7, 11) is 0. The molecule has 200 valence electrons. The number of hydrogen-bond acceptors (Lipinski definition) is 10. The zero-order valence-corrected chi connectivity index (χ0v) is 20.9. The minimum absolute atomic E-state index is 0.0519. The number of nitrogens with two attached hydrogens (primary N) is 1. The number of aromatic amines is 1. The van der Waals surface area contributed by atoms with Gasteiger partial charge < -0.3 is 26.2 Å². The van der Waals surface area contributed by atoms with Crippen molar-refractivity contribution in [1.29, 1.82) is 0 Å². The van der Waals surface area contributed by atoms with Crippen LogP contribution < -0.4 is 26.7 Å². The second kappa shape index (κ2) is 12.0. The molecule has 0 aliphatic heterocycles. The van der Waals surface area contributed by atoms with Crippen LogP contribution in [0, 0.1) is 0 Å². The largest absolute Gasteiger partial charge is 0.480 e. The van der Waals surface area contributed by atoms with Gasteiger partial charge in [0.05, 0.1) is 18.4 Å². The Hall–Kier alpha value is -5.04. The Bertz CT molecular complexity index is 1560. The monoisotopic (exact) mass is 551 g/mol. The molecule has 0 spiro atoms. The third-order valence-corrected chi connectivity index (χ3v) is 5.73. The summed E-state index contributed by atoms with van der Waals surface area (Å²) in [6.45, 7) is 0.218. The fourth-order valence-electron chi connectivity index (χ4n) is 3.42. The summed E-state index contributed by atoms with van der Waals surface area (Å²) in [5.41, 5.74) is 6.45. The molecule has 39 heavy (non-hydrogen) atoms. The smallest absolute Gasteiger partial charge is 0.329 e. The van der Waals surface area contributed by atoms with Gasteiger partial charge in [-0.3, -0.25) is 19.4 Å². The Kier molecular flexibility index (Phi) is 8.31. The van der Waals surface area contributed by atoms with E-state index < -0.39 is 34.8 Å². The molecule has 0 saturated heterocycles. The molecule has 0 aliphatic carbocycles. The fourth-order valence-corrected chi connectivity index (χ4v) is 3.65. The molecular formula is C25H22ClN7O6. The van der Waals surface area contributed by atoms with Crippen molar-refractivity contribution in [2.75, 3.05) is 11.1 Å². The molecule has 1 amide bonds. The Morgan fingerprint density at radius 1 is 1.08 bits per heavy atom. The number of rotatable bonds is 10. The van der Waals surface area contributed by atoms with Crippen LogP contribution in [-0.4, -0.2) is 54.3 Å². The predicted octanol–water partition coefficient (Wildman–Crippen LogP) is 1.69. The van der Waals surface area contributed by atoms with E-state index in [0.717, 1.165) is 0 Å². The number of aliphatic carboxylic acids is 1. The van der Waals surface area contributed by atoms with Crippen LogP contribution >= 0.6 is 11.6 Å². The van der Waals surface area contributed by atoms with Crippen LogP contribution in [0.25, 0.3) is 11.2 Å². The Balaban J connectivity index is 1.33. The van der Waals surface area contributed by atoms with Crippen molar-refractivity contribution in [2.45, 2.75) is 24.4 Å². The number of ether oxygens (including phenoxy) is 1. The van der Waals surface area contributed by atoms with Crippen molar-refractivity contribution >= 4 is 52.2 Å². The van der Waals surface area contributed by atoms with Crippen LogP contribution in [0.3, 0.4) is 0 Å². The number of nitrogen functional groups attached to an aromatic ring is 1. The third kappa shape index (κ3) is 7.05. The number of carbonyl (C=O) groups excluding carboxylic acids is 2. The second-order valence-electron chi connectivity index (χ2n) is 8.22. The number of esters is 1. The fraction of sp³-hybridized carbons (Fsp3) is 0.160. The molecule has 1 unspecified atom stereocenters. The number of benzene rings is 2. The summed E-state index contributed by atoms with van der Waals surface area (Å²) in [5.74, 6) is -2.64. The van der Waals surface area contributed by atoms with Gasteiger partial charge >= 0.3 is 11.9 Å². The molecule has 4 rings (SSSR count). The molecule has 0 fully saturated rings. The predicted molar refractivity (Wildman–Crippen MR) is 141 cm³/mol. The number of halogens is 1. The van der Waals surface area contributed by atoms with Crippen molar-refractivity contribution in [1.82, 2.24) is 25.3 Å². The van der Waals surface area contributed by atoms with Gasteiger partial charge in [-0.2, -0.15) is 4.98 Å². The lowest BCUT2D eigenvalue weighted by Gasteiger charge is -2.17. The number of hydrogen-bond donors (Lipinski definition) is 5. The lowest BCUT2D eigenvalue weighted by atomic mass is 10.1. The van der Waals surface area contributed by atoms with E-state index >= 15 is 0 Å². The summed E-state index contributed by atoms with van der Waals surface area (Å²) in [5, 5.41) is 13.7. The van der Waals surface area contributed by atoms with E-state index in [9.17, 15) is 24.3 Å². The van der Waals surface area contributed by atoms with Gasteiger partial charge in [0.2, 0.25) is 5.95 Å². The average Bonchev–Trinajstić information content (AvgIpc) is 2.92. The molecule has 13 nitrogen and oxygen atoms in total. The number of carboxylic acid groups (broad SMARTS) is 1. The van der Waals surface area contributed by atoms with Gasteiger partial charge in [-0.15, -0.1) is 11.6 Å². The summed E-state index contributed by atoms with van der Waals surface area (Å²) in [6.07, 6.45) is 1.07. The Labute approximate surface area is 225 Å². The molecule has 2 aromatic carbocycles. The first-order valence-electron chi connectivity index (χ1n) is 11.5. The van der Waals surface area contributed by atoms with Gasteiger partial charge in [-0.05, 0) is 36.4 Å². The van der Waals surface area contributed by atoms with E-state index in [1.165, 1.54) is 18.3 Å². The number of nitrogens with one attached hydrogen (secondary N) is 3. The molecular weight excluding hydrogens is 530 g/mol. The number of para-hydroxylation sites is 1. The minimum Gasteiger partial charge on any atom is -0.480 e. The number of aromatic nitrogens is 4. The summed E-state index contributed by atoms with van der Waals surface area (Å²) < 4.78 is 5.13. The van der Waals surface area contributed by atoms with Gasteiger partial charge in [0.1, 0.15) is 17.2 Å². The van der Waals surface area contributed by atoms with Crippen molar-refractivity contribution < 1.29 is 24.2 Å². The lowest BCUT2D eigenvalue weighted by molar-refractivity contribution is -0.140. The molecule has 2 atom stereocenters. The van der Waals surface area contributed by atoms with Crippen LogP contribution in [0.4, 0.5) is 11.6 Å². The molecule has 2 aromatic heterocycles. The average molecular weight is 552 g/mol. The van der Waals surface area contributed by atoms with Gasteiger partial charge in [-0.1, -0.05) is 18.2 Å². The van der Waals surface area contributed by atoms with Crippen LogP contribution in [-0.2, 0) is 16.1 Å². The van der Waals surface area contributed by atoms with E-state index in [0.29, 0.717) is 11.4 Å². The van der Waals surface area contributed by atoms with Crippen LogP contribution in [0.5, 0.6) is 5.75 Å². The first-order chi connectivity index (χ1) is 18.7. The van der Waals surface area contributed by atoms with Crippen molar-refractivity contribution in [2.24, 2.45) is 0 Å². The highest BCUT2D eigenvalue weighted by Crippen LogP contribution is 2.16. The summed E-state index contributed by atoms with van der Waals surface area (Å²) >= 11 is 6.07. The maximum Gasteiger partial charge on any atom is 0.329 e. The zero-order valence-electron chi connectivity index (χ0n) is 20.1. The first-order valence-corrected chi connectivity index (χ1v) is 11.9. The number of carbonyl (C=O) groups is 3. The van der Waals surface area contributed by atoms with E-state index in [1.54, 1.807) is 42.5 Å². The highest BCUT2D eigenvalue weighted by atomic mass is 35.5. The number of anilines is 2. The number of H-pyrrole nitrogens is 1. The quantitative estimate of drug-likeness (QED) is 0.109. The van der Waals surface area contributed by atoms with Crippen LogP contribution in [0.1, 0.15) is 22.5 Å². The highest BCUT2D eigenvalue weighted by molar-refractivity contribution is 6.30. The van der Waals surface area contributed by atoms with E-state index in [4.69, 9.17) is 22.1 Å². The maximum absolute atomic E-state index is 12.7. The van der Waals surface area contributed by atoms with E-state index in [1.807, 2.05) is 0 Å². The number of amides is 1. The third-order valence-electron chi connectivity index (χ3n) is 5.37. The standard InChI is InChI=1S/C25H22ClN7O6/c26-17(24(38)39-16-4-2-1-3-5-16)10-18(23(36)37)31-21(34)13-6-8-14(9-7-13)28-11-15-12-29-20-19(30-15)22(35)33-25(27)32-20/h1-9,12,17-18,28H,10-11H2,(H,31,34)(H,36,37)(H3,27,29,32,33,35)/t17?,18-/m0/s1. The maximum atomic E-state index is 12.7. The molecule has 0 bridgehead atoms. The second-order valence-corrected chi connectivity index (χ2v) is 8.74. The summed E-state index contributed by atoms with van der Waals surface area (Å²) in [4.78, 5) is 63.2. The highest BCUT2D eigenvalue weighted by Gasteiger charge is 2.28.